The van der Waals surface area contributed by atoms with Gasteiger partial charge in [0.25, 0.3) is 0 Å². The number of rotatable bonds is 6. The average Bonchev–Trinajstić information content (AvgIpc) is 3.07. The van der Waals surface area contributed by atoms with E-state index < -0.39 is 0 Å². The molecule has 6 nitrogen and oxygen atoms in total. The molecule has 0 bridgehead atoms. The van der Waals surface area contributed by atoms with E-state index in [-0.39, 0.29) is 0 Å². The Hall–Kier alpha value is -2.73. The highest BCUT2D eigenvalue weighted by Crippen LogP contribution is 2.22. The quantitative estimate of drug-likeness (QED) is 0.658. The van der Waals surface area contributed by atoms with Gasteiger partial charge in [0, 0.05) is 31.4 Å². The highest BCUT2D eigenvalue weighted by molar-refractivity contribution is 5.60. The summed E-state index contributed by atoms with van der Waals surface area (Å²) in [6.07, 6.45) is 4.28. The molecule has 6 heteroatoms. The van der Waals surface area contributed by atoms with Crippen LogP contribution in [0, 0.1) is 12.8 Å². The van der Waals surface area contributed by atoms with Crippen molar-refractivity contribution >= 4 is 0 Å². The van der Waals surface area contributed by atoms with Gasteiger partial charge in [-0.05, 0) is 50.4 Å². The lowest BCUT2D eigenvalue weighted by atomic mass is 9.97. The van der Waals surface area contributed by atoms with Crippen LogP contribution in [0.5, 0.6) is 5.88 Å². The van der Waals surface area contributed by atoms with E-state index >= 15 is 0 Å². The Morgan fingerprint density at radius 1 is 1.04 bits per heavy atom. The molecule has 0 spiro atoms. The SMILES string of the molecule is Cc1nn(C)cc1-c1ccc(OCC2CCN(Cc3ccccc3)CC2)nn1. The Labute approximate surface area is 166 Å². The first-order valence-electron chi connectivity index (χ1n) is 9.91. The monoisotopic (exact) mass is 377 g/mol. The van der Waals surface area contributed by atoms with Crippen molar-refractivity contribution in [3.8, 4) is 17.1 Å². The molecule has 0 saturated carbocycles. The van der Waals surface area contributed by atoms with Crippen LogP contribution in [0.15, 0.2) is 48.7 Å². The predicted octanol–water partition coefficient (Wildman–Crippen LogP) is 3.48. The van der Waals surface area contributed by atoms with Gasteiger partial charge >= 0.3 is 0 Å². The van der Waals surface area contributed by atoms with Crippen molar-refractivity contribution in [1.29, 1.82) is 0 Å². The van der Waals surface area contributed by atoms with Gasteiger partial charge in [-0.15, -0.1) is 10.2 Å². The van der Waals surface area contributed by atoms with Crippen LogP contribution < -0.4 is 4.74 Å². The number of hydrogen-bond acceptors (Lipinski definition) is 5. The van der Waals surface area contributed by atoms with E-state index in [0.717, 1.165) is 49.4 Å². The molecular weight excluding hydrogens is 350 g/mol. The molecule has 1 saturated heterocycles. The van der Waals surface area contributed by atoms with E-state index in [1.807, 2.05) is 32.3 Å². The van der Waals surface area contributed by atoms with Crippen LogP contribution in [0.2, 0.25) is 0 Å². The predicted molar refractivity (Wildman–Crippen MR) is 109 cm³/mol. The molecule has 0 N–H and O–H groups in total. The van der Waals surface area contributed by atoms with Gasteiger partial charge in [0.2, 0.25) is 5.88 Å². The fraction of sp³-hybridized carbons (Fsp3) is 0.409. The van der Waals surface area contributed by atoms with Crippen molar-refractivity contribution < 1.29 is 4.74 Å². The smallest absolute Gasteiger partial charge is 0.233 e. The molecule has 4 rings (SSSR count). The Morgan fingerprint density at radius 2 is 1.82 bits per heavy atom. The Bertz CT molecular complexity index is 883. The molecule has 0 unspecified atom stereocenters. The second-order valence-electron chi connectivity index (χ2n) is 7.57. The second kappa shape index (κ2) is 8.52. The van der Waals surface area contributed by atoms with E-state index in [1.165, 1.54) is 5.56 Å². The summed E-state index contributed by atoms with van der Waals surface area (Å²) in [5.74, 6) is 1.17. The maximum absolute atomic E-state index is 5.91. The first-order chi connectivity index (χ1) is 13.7. The van der Waals surface area contributed by atoms with Crippen molar-refractivity contribution in [1.82, 2.24) is 24.9 Å². The zero-order chi connectivity index (χ0) is 19.3. The highest BCUT2D eigenvalue weighted by atomic mass is 16.5. The minimum Gasteiger partial charge on any atom is -0.476 e. The van der Waals surface area contributed by atoms with Crippen molar-refractivity contribution in [2.24, 2.45) is 13.0 Å². The van der Waals surface area contributed by atoms with Crippen molar-refractivity contribution in [3.63, 3.8) is 0 Å². The Balaban J connectivity index is 1.25. The fourth-order valence-electron chi connectivity index (χ4n) is 3.75. The summed E-state index contributed by atoms with van der Waals surface area (Å²) >= 11 is 0. The zero-order valence-electron chi connectivity index (χ0n) is 16.6. The first kappa shape index (κ1) is 18.6. The van der Waals surface area contributed by atoms with Crippen molar-refractivity contribution in [2.45, 2.75) is 26.3 Å². The van der Waals surface area contributed by atoms with E-state index in [1.54, 1.807) is 4.68 Å². The number of nitrogens with zero attached hydrogens (tertiary/aromatic N) is 5. The molecule has 28 heavy (non-hydrogen) atoms. The third kappa shape index (κ3) is 4.57. The molecule has 0 atom stereocenters. The molecule has 3 heterocycles. The average molecular weight is 377 g/mol. The number of aryl methyl sites for hydroxylation is 2. The molecule has 1 aromatic carbocycles. The van der Waals surface area contributed by atoms with Crippen LogP contribution in [-0.2, 0) is 13.6 Å². The van der Waals surface area contributed by atoms with E-state index in [4.69, 9.17) is 4.74 Å². The Morgan fingerprint density at radius 3 is 2.46 bits per heavy atom. The number of benzene rings is 1. The van der Waals surface area contributed by atoms with Gasteiger partial charge < -0.3 is 4.74 Å². The van der Waals surface area contributed by atoms with Crippen LogP contribution in [0.3, 0.4) is 0 Å². The van der Waals surface area contributed by atoms with Crippen LogP contribution in [0.1, 0.15) is 24.1 Å². The fourth-order valence-corrected chi connectivity index (χ4v) is 3.75. The van der Waals surface area contributed by atoms with Gasteiger partial charge in [-0.1, -0.05) is 30.3 Å². The highest BCUT2D eigenvalue weighted by Gasteiger charge is 2.20. The minimum atomic E-state index is 0.578. The van der Waals surface area contributed by atoms with Crippen LogP contribution in [0.4, 0.5) is 0 Å². The zero-order valence-corrected chi connectivity index (χ0v) is 16.6. The summed E-state index contributed by atoms with van der Waals surface area (Å²) in [6.45, 7) is 5.96. The van der Waals surface area contributed by atoms with E-state index in [2.05, 4.69) is 50.5 Å². The number of piperidine rings is 1. The molecule has 1 aliphatic heterocycles. The molecule has 0 aliphatic carbocycles. The van der Waals surface area contributed by atoms with Crippen molar-refractivity contribution in [3.05, 3.63) is 59.9 Å². The number of hydrogen-bond donors (Lipinski definition) is 0. The third-order valence-corrected chi connectivity index (χ3v) is 5.35. The largest absolute Gasteiger partial charge is 0.476 e. The van der Waals surface area contributed by atoms with Gasteiger partial charge in [0.05, 0.1) is 18.0 Å². The molecule has 0 amide bonds. The lowest BCUT2D eigenvalue weighted by molar-refractivity contribution is 0.134. The molecule has 1 aliphatic rings. The topological polar surface area (TPSA) is 56.1 Å². The van der Waals surface area contributed by atoms with Crippen LogP contribution in [0.25, 0.3) is 11.3 Å². The maximum Gasteiger partial charge on any atom is 0.233 e. The molecule has 2 aromatic heterocycles. The van der Waals surface area contributed by atoms with Crippen LogP contribution >= 0.6 is 0 Å². The molecule has 146 valence electrons. The van der Waals surface area contributed by atoms with E-state index in [0.29, 0.717) is 18.4 Å². The standard InChI is InChI=1S/C22H27N5O/c1-17-20(15-26(2)25-17)21-8-9-22(24-23-21)28-16-19-10-12-27(13-11-19)14-18-6-4-3-5-7-18/h3-9,15,19H,10-14,16H2,1-2H3. The summed E-state index contributed by atoms with van der Waals surface area (Å²) < 4.78 is 7.70. The van der Waals surface area contributed by atoms with Gasteiger partial charge in [-0.25, -0.2) is 0 Å². The van der Waals surface area contributed by atoms with Gasteiger partial charge in [0.1, 0.15) is 0 Å². The number of likely N-dealkylation sites (tertiary alicyclic amines) is 1. The summed E-state index contributed by atoms with van der Waals surface area (Å²) in [5.41, 5.74) is 4.17. The van der Waals surface area contributed by atoms with Gasteiger partial charge in [-0.3, -0.25) is 9.58 Å². The Kier molecular flexibility index (Phi) is 5.67. The van der Waals surface area contributed by atoms with Crippen LogP contribution in [-0.4, -0.2) is 44.6 Å². The number of ether oxygens (including phenoxy) is 1. The molecule has 1 fully saturated rings. The number of aromatic nitrogens is 4. The normalized spacial score (nSPS) is 15.6. The van der Waals surface area contributed by atoms with Gasteiger partial charge in [0.15, 0.2) is 0 Å². The molecule has 0 radical (unpaired) electrons. The lowest BCUT2D eigenvalue weighted by Crippen LogP contribution is -2.35. The summed E-state index contributed by atoms with van der Waals surface area (Å²) in [7, 11) is 1.91. The lowest BCUT2D eigenvalue weighted by Gasteiger charge is -2.31. The first-order valence-corrected chi connectivity index (χ1v) is 9.91. The van der Waals surface area contributed by atoms with Gasteiger partial charge in [-0.2, -0.15) is 5.10 Å². The molecular formula is C22H27N5O. The summed E-state index contributed by atoms with van der Waals surface area (Å²) in [4.78, 5) is 2.52. The summed E-state index contributed by atoms with van der Waals surface area (Å²) in [5, 5.41) is 12.9. The minimum absolute atomic E-state index is 0.578. The van der Waals surface area contributed by atoms with E-state index in [9.17, 15) is 0 Å². The summed E-state index contributed by atoms with van der Waals surface area (Å²) in [6, 6.07) is 14.5. The van der Waals surface area contributed by atoms with Crippen molar-refractivity contribution in [2.75, 3.05) is 19.7 Å². The third-order valence-electron chi connectivity index (χ3n) is 5.35. The second-order valence-corrected chi connectivity index (χ2v) is 7.57. The molecule has 3 aromatic rings. The maximum atomic E-state index is 5.91.